The maximum absolute atomic E-state index is 13.3. The van der Waals surface area contributed by atoms with E-state index in [0.29, 0.717) is 23.4 Å². The Balaban J connectivity index is 2.09. The maximum Gasteiger partial charge on any atom is 0.126 e. The number of nitrogens with one attached hydrogen (secondary N) is 1. The zero-order valence-corrected chi connectivity index (χ0v) is 12.9. The molecule has 3 heteroatoms. The molecule has 1 N–H and O–H groups in total. The molecule has 1 aliphatic rings. The van der Waals surface area contributed by atoms with Crippen molar-refractivity contribution in [3.63, 3.8) is 0 Å². The van der Waals surface area contributed by atoms with Crippen LogP contribution in [0.3, 0.4) is 0 Å². The summed E-state index contributed by atoms with van der Waals surface area (Å²) in [5.41, 5.74) is 0.639. The summed E-state index contributed by atoms with van der Waals surface area (Å²) < 4.78 is 19.5. The third-order valence-corrected chi connectivity index (χ3v) is 4.56. The van der Waals surface area contributed by atoms with Gasteiger partial charge in [-0.1, -0.05) is 13.8 Å². The van der Waals surface area contributed by atoms with E-state index in [4.69, 9.17) is 4.74 Å². The molecule has 0 heterocycles. The van der Waals surface area contributed by atoms with Crippen molar-refractivity contribution in [2.24, 2.45) is 11.8 Å². The molecule has 0 saturated heterocycles. The minimum Gasteiger partial charge on any atom is -0.489 e. The maximum atomic E-state index is 13.3. The van der Waals surface area contributed by atoms with Gasteiger partial charge in [0.25, 0.3) is 0 Å². The minimum atomic E-state index is -0.175. The van der Waals surface area contributed by atoms with Gasteiger partial charge in [0.1, 0.15) is 17.7 Å². The molecule has 20 heavy (non-hydrogen) atoms. The Bertz CT molecular complexity index is 447. The van der Waals surface area contributed by atoms with Gasteiger partial charge in [-0.2, -0.15) is 0 Å². The van der Waals surface area contributed by atoms with Crippen LogP contribution in [0.2, 0.25) is 0 Å². The minimum absolute atomic E-state index is 0.172. The van der Waals surface area contributed by atoms with Crippen LogP contribution in [0.25, 0.3) is 0 Å². The summed E-state index contributed by atoms with van der Waals surface area (Å²) >= 11 is 0. The van der Waals surface area contributed by atoms with Crippen molar-refractivity contribution in [2.45, 2.75) is 52.2 Å². The second-order valence-corrected chi connectivity index (χ2v) is 6.28. The van der Waals surface area contributed by atoms with Gasteiger partial charge >= 0.3 is 0 Å². The van der Waals surface area contributed by atoms with Crippen LogP contribution >= 0.6 is 0 Å². The molecule has 1 saturated carbocycles. The number of rotatable bonds is 4. The fourth-order valence-corrected chi connectivity index (χ4v) is 3.09. The molecular formula is C17H26FNO. The largest absolute Gasteiger partial charge is 0.489 e. The standard InChI is InChI=1S/C17H26FNO/c1-11(2)13-5-8-16(19-4)17(10-13)20-14-6-7-15(18)12(3)9-14/h6-7,9,11,13,16-17,19H,5,8,10H2,1-4H3. The lowest BCUT2D eigenvalue weighted by atomic mass is 9.78. The van der Waals surface area contributed by atoms with E-state index >= 15 is 0 Å². The van der Waals surface area contributed by atoms with Crippen molar-refractivity contribution >= 4 is 0 Å². The summed E-state index contributed by atoms with van der Waals surface area (Å²) in [5, 5.41) is 3.36. The molecule has 3 unspecified atom stereocenters. The second kappa shape index (κ2) is 6.57. The first-order valence-corrected chi connectivity index (χ1v) is 7.61. The highest BCUT2D eigenvalue weighted by Crippen LogP contribution is 2.32. The van der Waals surface area contributed by atoms with Crippen molar-refractivity contribution in [1.29, 1.82) is 0 Å². The molecule has 0 amide bonds. The van der Waals surface area contributed by atoms with Crippen molar-refractivity contribution < 1.29 is 9.13 Å². The fraction of sp³-hybridized carbons (Fsp3) is 0.647. The van der Waals surface area contributed by atoms with Crippen LogP contribution in [-0.4, -0.2) is 19.2 Å². The average molecular weight is 279 g/mol. The first-order chi connectivity index (χ1) is 9.51. The molecule has 0 radical (unpaired) electrons. The topological polar surface area (TPSA) is 21.3 Å². The number of benzene rings is 1. The molecule has 0 aromatic heterocycles. The summed E-state index contributed by atoms with van der Waals surface area (Å²) in [5.74, 6) is 2.00. The number of likely N-dealkylation sites (N-methyl/N-ethyl adjacent to an activating group) is 1. The summed E-state index contributed by atoms with van der Waals surface area (Å²) in [6, 6.07) is 5.40. The SMILES string of the molecule is CNC1CCC(C(C)C)CC1Oc1ccc(F)c(C)c1. The van der Waals surface area contributed by atoms with Gasteiger partial charge in [0.2, 0.25) is 0 Å². The van der Waals surface area contributed by atoms with E-state index in [1.54, 1.807) is 19.1 Å². The molecule has 2 rings (SSSR count). The first kappa shape index (κ1) is 15.3. The number of hydrogen-bond acceptors (Lipinski definition) is 2. The van der Waals surface area contributed by atoms with Crippen LogP contribution in [0.5, 0.6) is 5.75 Å². The molecule has 2 nitrogen and oxygen atoms in total. The third-order valence-electron chi connectivity index (χ3n) is 4.56. The smallest absolute Gasteiger partial charge is 0.126 e. The Hall–Kier alpha value is -1.09. The van der Waals surface area contributed by atoms with E-state index in [1.807, 2.05) is 7.05 Å². The van der Waals surface area contributed by atoms with Crippen molar-refractivity contribution in [1.82, 2.24) is 5.32 Å². The molecule has 3 atom stereocenters. The van der Waals surface area contributed by atoms with Gasteiger partial charge in [-0.05, 0) is 68.8 Å². The molecular weight excluding hydrogens is 253 g/mol. The van der Waals surface area contributed by atoms with Crippen LogP contribution in [-0.2, 0) is 0 Å². The Labute approximate surface area is 121 Å². The lowest BCUT2D eigenvalue weighted by Crippen LogP contribution is -2.46. The van der Waals surface area contributed by atoms with Crippen LogP contribution < -0.4 is 10.1 Å². The second-order valence-electron chi connectivity index (χ2n) is 6.28. The van der Waals surface area contributed by atoms with Crippen molar-refractivity contribution in [3.8, 4) is 5.75 Å². The molecule has 0 aliphatic heterocycles. The molecule has 0 bridgehead atoms. The van der Waals surface area contributed by atoms with Crippen LogP contribution in [0.1, 0.15) is 38.7 Å². The zero-order valence-electron chi connectivity index (χ0n) is 12.9. The molecule has 1 aliphatic carbocycles. The van der Waals surface area contributed by atoms with Crippen molar-refractivity contribution in [2.75, 3.05) is 7.05 Å². The number of hydrogen-bond donors (Lipinski definition) is 1. The lowest BCUT2D eigenvalue weighted by Gasteiger charge is -2.37. The highest BCUT2D eigenvalue weighted by atomic mass is 19.1. The van der Waals surface area contributed by atoms with E-state index in [0.717, 1.165) is 18.6 Å². The number of halogens is 1. The van der Waals surface area contributed by atoms with E-state index in [-0.39, 0.29) is 11.9 Å². The lowest BCUT2D eigenvalue weighted by molar-refractivity contribution is 0.0748. The Morgan fingerprint density at radius 2 is 2.05 bits per heavy atom. The molecule has 1 aromatic carbocycles. The number of ether oxygens (including phenoxy) is 1. The van der Waals surface area contributed by atoms with E-state index in [2.05, 4.69) is 19.2 Å². The molecule has 112 valence electrons. The van der Waals surface area contributed by atoms with Gasteiger partial charge in [-0.3, -0.25) is 0 Å². The van der Waals surface area contributed by atoms with Gasteiger partial charge in [0.05, 0.1) is 0 Å². The van der Waals surface area contributed by atoms with Crippen LogP contribution in [0, 0.1) is 24.6 Å². The zero-order chi connectivity index (χ0) is 14.7. The van der Waals surface area contributed by atoms with Gasteiger partial charge in [0, 0.05) is 6.04 Å². The predicted molar refractivity (Wildman–Crippen MR) is 80.6 cm³/mol. The summed E-state index contributed by atoms with van der Waals surface area (Å²) in [6.45, 7) is 6.34. The van der Waals surface area contributed by atoms with Gasteiger partial charge in [-0.15, -0.1) is 0 Å². The van der Waals surface area contributed by atoms with Gasteiger partial charge in [-0.25, -0.2) is 4.39 Å². The summed E-state index contributed by atoms with van der Waals surface area (Å²) in [7, 11) is 1.99. The molecule has 1 fully saturated rings. The highest BCUT2D eigenvalue weighted by molar-refractivity contribution is 5.29. The average Bonchev–Trinajstić information content (AvgIpc) is 2.42. The predicted octanol–water partition coefficient (Wildman–Crippen LogP) is 3.93. The summed E-state index contributed by atoms with van der Waals surface area (Å²) in [6.07, 6.45) is 3.64. The summed E-state index contributed by atoms with van der Waals surface area (Å²) in [4.78, 5) is 0. The Kier molecular flexibility index (Phi) is 5.03. The quantitative estimate of drug-likeness (QED) is 0.902. The monoisotopic (exact) mass is 279 g/mol. The van der Waals surface area contributed by atoms with Crippen LogP contribution in [0.15, 0.2) is 18.2 Å². The van der Waals surface area contributed by atoms with Crippen molar-refractivity contribution in [3.05, 3.63) is 29.6 Å². The molecule has 1 aromatic rings. The number of aryl methyl sites for hydroxylation is 1. The van der Waals surface area contributed by atoms with Gasteiger partial charge < -0.3 is 10.1 Å². The highest BCUT2D eigenvalue weighted by Gasteiger charge is 2.32. The Morgan fingerprint density at radius 3 is 2.65 bits per heavy atom. The van der Waals surface area contributed by atoms with E-state index < -0.39 is 0 Å². The van der Waals surface area contributed by atoms with E-state index in [1.165, 1.54) is 12.5 Å². The normalized spacial score (nSPS) is 26.8. The molecule has 0 spiro atoms. The third kappa shape index (κ3) is 3.51. The van der Waals surface area contributed by atoms with E-state index in [9.17, 15) is 4.39 Å². The van der Waals surface area contributed by atoms with Gasteiger partial charge in [0.15, 0.2) is 0 Å². The Morgan fingerprint density at radius 1 is 1.30 bits per heavy atom. The first-order valence-electron chi connectivity index (χ1n) is 7.61. The van der Waals surface area contributed by atoms with Crippen LogP contribution in [0.4, 0.5) is 4.39 Å². The fourth-order valence-electron chi connectivity index (χ4n) is 3.09.